The topological polar surface area (TPSA) is 97.5 Å². The van der Waals surface area contributed by atoms with Crippen LogP contribution in [-0.2, 0) is 4.79 Å². The second-order valence-corrected chi connectivity index (χ2v) is 3.31. The van der Waals surface area contributed by atoms with E-state index in [0.717, 1.165) is 6.08 Å². The molecule has 0 saturated carbocycles. The number of carboxylic acids is 1. The fourth-order valence-corrected chi connectivity index (χ4v) is 1.33. The van der Waals surface area contributed by atoms with E-state index in [1.807, 2.05) is 0 Å². The zero-order valence-electron chi connectivity index (χ0n) is 8.91. The lowest BCUT2D eigenvalue weighted by Crippen LogP contribution is -1.97. The van der Waals surface area contributed by atoms with Gasteiger partial charge in [0.05, 0.1) is 10.5 Å². The Kier molecular flexibility index (Phi) is 3.71. The first kappa shape index (κ1) is 12.6. The van der Waals surface area contributed by atoms with Gasteiger partial charge < -0.3 is 5.11 Å². The maximum atomic E-state index is 10.7. The van der Waals surface area contributed by atoms with Crippen LogP contribution < -0.4 is 0 Å². The molecule has 0 aliphatic carbocycles. The van der Waals surface area contributed by atoms with E-state index in [2.05, 4.69) is 0 Å². The Morgan fingerprint density at radius 1 is 1.41 bits per heavy atom. The van der Waals surface area contributed by atoms with Crippen LogP contribution in [0, 0.1) is 17.0 Å². The van der Waals surface area contributed by atoms with Crippen LogP contribution in [0.25, 0.3) is 6.08 Å². The first-order valence-corrected chi connectivity index (χ1v) is 4.61. The molecule has 0 fully saturated rings. The quantitative estimate of drug-likeness (QED) is 0.371. The zero-order chi connectivity index (χ0) is 13.0. The number of carbonyl (C=O) groups is 2. The number of aryl methyl sites for hydroxylation is 1. The lowest BCUT2D eigenvalue weighted by atomic mass is 10.0. The van der Waals surface area contributed by atoms with Crippen molar-refractivity contribution in [3.05, 3.63) is 45.0 Å². The summed E-state index contributed by atoms with van der Waals surface area (Å²) in [5, 5.41) is 19.2. The molecule has 0 amide bonds. The standard InChI is InChI=1S/C11H9NO5/c1-7-4-9(6-13)10(12(16)17)5-8(7)2-3-11(14)15/h2-6H,1H3,(H,14,15)/b3-2+. The Morgan fingerprint density at radius 3 is 2.53 bits per heavy atom. The summed E-state index contributed by atoms with van der Waals surface area (Å²) in [6.45, 7) is 1.64. The van der Waals surface area contributed by atoms with Crippen LogP contribution in [0.4, 0.5) is 5.69 Å². The Labute approximate surface area is 96.3 Å². The minimum absolute atomic E-state index is 0.0278. The van der Waals surface area contributed by atoms with Gasteiger partial charge in [-0.1, -0.05) is 0 Å². The highest BCUT2D eigenvalue weighted by atomic mass is 16.6. The van der Waals surface area contributed by atoms with Crippen molar-refractivity contribution in [3.63, 3.8) is 0 Å². The highest BCUT2D eigenvalue weighted by Crippen LogP contribution is 2.23. The Hall–Kier alpha value is -2.50. The van der Waals surface area contributed by atoms with Crippen LogP contribution in [0.1, 0.15) is 21.5 Å². The van der Waals surface area contributed by atoms with Crippen LogP contribution in [-0.4, -0.2) is 22.3 Å². The Balaban J connectivity index is 3.34. The second-order valence-electron chi connectivity index (χ2n) is 3.31. The van der Waals surface area contributed by atoms with Crippen molar-refractivity contribution in [1.82, 2.24) is 0 Å². The molecule has 1 aromatic rings. The molecule has 1 aromatic carbocycles. The summed E-state index contributed by atoms with van der Waals surface area (Å²) < 4.78 is 0. The number of carboxylic acid groups (broad SMARTS) is 1. The minimum atomic E-state index is -1.15. The highest BCUT2D eigenvalue weighted by molar-refractivity contribution is 5.87. The van der Waals surface area contributed by atoms with Crippen LogP contribution in [0.15, 0.2) is 18.2 Å². The molecule has 0 aromatic heterocycles. The van der Waals surface area contributed by atoms with Gasteiger partial charge in [-0.25, -0.2) is 4.79 Å². The maximum absolute atomic E-state index is 10.7. The molecular formula is C11H9NO5. The minimum Gasteiger partial charge on any atom is -0.478 e. The molecule has 6 nitrogen and oxygen atoms in total. The van der Waals surface area contributed by atoms with Gasteiger partial charge in [0.1, 0.15) is 0 Å². The molecule has 0 spiro atoms. The van der Waals surface area contributed by atoms with E-state index in [4.69, 9.17) is 5.11 Å². The van der Waals surface area contributed by atoms with Crippen LogP contribution in [0.2, 0.25) is 0 Å². The zero-order valence-corrected chi connectivity index (χ0v) is 8.91. The molecule has 1 N–H and O–H groups in total. The van der Waals surface area contributed by atoms with Gasteiger partial charge in [0.2, 0.25) is 0 Å². The number of hydrogen-bond acceptors (Lipinski definition) is 4. The van der Waals surface area contributed by atoms with Gasteiger partial charge in [0, 0.05) is 12.1 Å². The Morgan fingerprint density at radius 2 is 2.06 bits per heavy atom. The molecule has 0 unspecified atom stereocenters. The van der Waals surface area contributed by atoms with E-state index < -0.39 is 10.9 Å². The smallest absolute Gasteiger partial charge is 0.328 e. The molecule has 0 radical (unpaired) electrons. The van der Waals surface area contributed by atoms with Crippen molar-refractivity contribution in [2.24, 2.45) is 0 Å². The predicted octanol–water partition coefficient (Wildman–Crippen LogP) is 1.81. The van der Waals surface area contributed by atoms with Crippen molar-refractivity contribution in [2.75, 3.05) is 0 Å². The third kappa shape index (κ3) is 2.97. The summed E-state index contributed by atoms with van der Waals surface area (Å²) in [6.07, 6.45) is 2.53. The van der Waals surface area contributed by atoms with Crippen molar-refractivity contribution in [2.45, 2.75) is 6.92 Å². The van der Waals surface area contributed by atoms with E-state index >= 15 is 0 Å². The first-order valence-electron chi connectivity index (χ1n) is 4.61. The molecule has 0 heterocycles. The molecule has 0 atom stereocenters. The fourth-order valence-electron chi connectivity index (χ4n) is 1.33. The average Bonchev–Trinajstić information content (AvgIpc) is 2.26. The third-order valence-electron chi connectivity index (χ3n) is 2.14. The number of rotatable bonds is 4. The first-order chi connectivity index (χ1) is 7.95. The SMILES string of the molecule is Cc1cc(C=O)c([N+](=O)[O-])cc1/C=C/C(=O)O. The van der Waals surface area contributed by atoms with E-state index in [1.165, 1.54) is 18.2 Å². The van der Waals surface area contributed by atoms with Gasteiger partial charge in [-0.3, -0.25) is 14.9 Å². The summed E-state index contributed by atoms with van der Waals surface area (Å²) in [6, 6.07) is 2.53. The monoisotopic (exact) mass is 235 g/mol. The number of nitrogens with zero attached hydrogens (tertiary/aromatic N) is 1. The maximum Gasteiger partial charge on any atom is 0.328 e. The van der Waals surface area contributed by atoms with E-state index in [0.29, 0.717) is 17.4 Å². The van der Waals surface area contributed by atoms with Crippen molar-refractivity contribution in [1.29, 1.82) is 0 Å². The number of nitro benzene ring substituents is 1. The fraction of sp³-hybridized carbons (Fsp3) is 0.0909. The second kappa shape index (κ2) is 5.02. The van der Waals surface area contributed by atoms with Gasteiger partial charge >= 0.3 is 5.97 Å². The number of nitro groups is 1. The number of benzene rings is 1. The summed E-state index contributed by atoms with van der Waals surface area (Å²) in [5.74, 6) is -1.15. The number of carbonyl (C=O) groups excluding carboxylic acids is 1. The van der Waals surface area contributed by atoms with Crippen molar-refractivity contribution < 1.29 is 19.6 Å². The average molecular weight is 235 g/mol. The lowest BCUT2D eigenvalue weighted by molar-refractivity contribution is -0.385. The molecular weight excluding hydrogens is 226 g/mol. The van der Waals surface area contributed by atoms with Gasteiger partial charge in [-0.2, -0.15) is 0 Å². The molecule has 0 aliphatic rings. The summed E-state index contributed by atoms with van der Waals surface area (Å²) in [5.41, 5.74) is 0.621. The van der Waals surface area contributed by atoms with Gasteiger partial charge in [-0.15, -0.1) is 0 Å². The third-order valence-corrected chi connectivity index (χ3v) is 2.14. The van der Waals surface area contributed by atoms with E-state index in [-0.39, 0.29) is 11.3 Å². The molecule has 1 rings (SSSR count). The predicted molar refractivity (Wildman–Crippen MR) is 59.9 cm³/mol. The molecule has 0 saturated heterocycles. The normalized spacial score (nSPS) is 10.4. The summed E-state index contributed by atoms with van der Waals surface area (Å²) in [7, 11) is 0. The lowest BCUT2D eigenvalue weighted by Gasteiger charge is -2.02. The summed E-state index contributed by atoms with van der Waals surface area (Å²) >= 11 is 0. The summed E-state index contributed by atoms with van der Waals surface area (Å²) in [4.78, 5) is 31.0. The Bertz CT molecular complexity index is 519. The van der Waals surface area contributed by atoms with E-state index in [9.17, 15) is 19.7 Å². The number of hydrogen-bond donors (Lipinski definition) is 1. The van der Waals surface area contributed by atoms with Gasteiger partial charge in [0.15, 0.2) is 6.29 Å². The molecule has 0 bridgehead atoms. The molecule has 88 valence electrons. The largest absolute Gasteiger partial charge is 0.478 e. The molecule has 17 heavy (non-hydrogen) atoms. The van der Waals surface area contributed by atoms with Crippen LogP contribution >= 0.6 is 0 Å². The van der Waals surface area contributed by atoms with Crippen molar-refractivity contribution >= 4 is 24.0 Å². The number of aldehydes is 1. The van der Waals surface area contributed by atoms with E-state index in [1.54, 1.807) is 6.92 Å². The molecule has 6 heteroatoms. The van der Waals surface area contributed by atoms with Gasteiger partial charge in [0.25, 0.3) is 5.69 Å². The van der Waals surface area contributed by atoms with Crippen LogP contribution in [0.3, 0.4) is 0 Å². The highest BCUT2D eigenvalue weighted by Gasteiger charge is 2.15. The van der Waals surface area contributed by atoms with Crippen LogP contribution in [0.5, 0.6) is 0 Å². The number of aliphatic carboxylic acids is 1. The van der Waals surface area contributed by atoms with Crippen molar-refractivity contribution in [3.8, 4) is 0 Å². The molecule has 0 aliphatic heterocycles. The van der Waals surface area contributed by atoms with Gasteiger partial charge in [-0.05, 0) is 30.2 Å².